The third kappa shape index (κ3) is 3.92. The van der Waals surface area contributed by atoms with Gasteiger partial charge in [0.25, 0.3) is 0 Å². The molecule has 0 unspecified atom stereocenters. The number of carbonyl (C=O) groups excluding carboxylic acids is 1. The number of carboxylic acid groups (broad SMARTS) is 1. The van der Waals surface area contributed by atoms with Crippen molar-refractivity contribution < 1.29 is 19.4 Å². The number of ketones is 1. The van der Waals surface area contributed by atoms with Gasteiger partial charge in [0.1, 0.15) is 5.75 Å². The van der Waals surface area contributed by atoms with Crippen LogP contribution in [-0.2, 0) is 12.8 Å². The van der Waals surface area contributed by atoms with Gasteiger partial charge in [0.2, 0.25) is 0 Å². The van der Waals surface area contributed by atoms with Gasteiger partial charge in [0.15, 0.2) is 5.78 Å². The molecule has 0 heterocycles. The third-order valence-corrected chi connectivity index (χ3v) is 6.18. The lowest BCUT2D eigenvalue weighted by Crippen LogP contribution is -2.09. The van der Waals surface area contributed by atoms with E-state index in [0.29, 0.717) is 5.56 Å². The number of hydrogen-bond acceptors (Lipinski definition) is 3. The van der Waals surface area contributed by atoms with Crippen molar-refractivity contribution in [2.45, 2.75) is 12.8 Å². The largest absolute Gasteiger partial charge is 0.497 e. The Morgan fingerprint density at radius 3 is 2.12 bits per heavy atom. The maximum atomic E-state index is 13.1. The molecule has 0 aliphatic heterocycles. The van der Waals surface area contributed by atoms with Crippen LogP contribution in [0.15, 0.2) is 84.9 Å². The minimum atomic E-state index is -1.10. The van der Waals surface area contributed by atoms with Gasteiger partial charge >= 0.3 is 5.97 Å². The molecule has 0 radical (unpaired) electrons. The molecule has 162 valence electrons. The monoisotopic (exact) mass is 434 g/mol. The molecule has 4 aromatic carbocycles. The van der Waals surface area contributed by atoms with Crippen molar-refractivity contribution in [3.63, 3.8) is 0 Å². The summed E-state index contributed by atoms with van der Waals surface area (Å²) >= 11 is 0. The first-order valence-electron chi connectivity index (χ1n) is 10.8. The van der Waals surface area contributed by atoms with Crippen molar-refractivity contribution in [1.29, 1.82) is 0 Å². The zero-order valence-electron chi connectivity index (χ0n) is 18.2. The fourth-order valence-electron chi connectivity index (χ4n) is 4.52. The Bertz CT molecular complexity index is 1380. The average molecular weight is 434 g/mol. The number of ether oxygens (including phenoxy) is 1. The third-order valence-electron chi connectivity index (χ3n) is 6.18. The highest BCUT2D eigenvalue weighted by molar-refractivity contribution is 6.14. The van der Waals surface area contributed by atoms with E-state index in [9.17, 15) is 14.7 Å². The van der Waals surface area contributed by atoms with Crippen LogP contribution in [0, 0.1) is 0 Å². The summed E-state index contributed by atoms with van der Waals surface area (Å²) in [5.41, 5.74) is 7.84. The summed E-state index contributed by atoms with van der Waals surface area (Å²) in [6, 6.07) is 26.7. The maximum Gasteiger partial charge on any atom is 0.336 e. The number of benzene rings is 4. The van der Waals surface area contributed by atoms with Crippen molar-refractivity contribution in [3.05, 3.63) is 124 Å². The van der Waals surface area contributed by atoms with E-state index in [0.717, 1.165) is 29.7 Å². The van der Waals surface area contributed by atoms with Crippen LogP contribution in [0.1, 0.15) is 48.5 Å². The predicted octanol–water partition coefficient (Wildman–Crippen LogP) is 5.79. The van der Waals surface area contributed by atoms with Gasteiger partial charge in [0.05, 0.1) is 12.7 Å². The standard InChI is InChI=1S/C29H22O4/c1-33-23-10-6-18(7-11-23)14-19-8-12-24-21(15-19)17-22-16-20(9-13-25(22)24)28(30)26-4-2-3-5-27(26)29(31)32/h2-13,15-16H,14,17H2,1H3,(H,31,32). The molecule has 5 rings (SSSR count). The van der Waals surface area contributed by atoms with Gasteiger partial charge in [-0.05, 0) is 70.5 Å². The summed E-state index contributed by atoms with van der Waals surface area (Å²) in [6.45, 7) is 0. The molecule has 0 aromatic heterocycles. The van der Waals surface area contributed by atoms with E-state index >= 15 is 0 Å². The Kier molecular flexibility index (Phi) is 5.27. The van der Waals surface area contributed by atoms with Crippen LogP contribution >= 0.6 is 0 Å². The Balaban J connectivity index is 1.40. The second-order valence-corrected chi connectivity index (χ2v) is 8.24. The summed E-state index contributed by atoms with van der Waals surface area (Å²) in [7, 11) is 1.66. The SMILES string of the molecule is COc1ccc(Cc2ccc3c(c2)Cc2cc(C(=O)c4ccccc4C(=O)O)ccc2-3)cc1. The van der Waals surface area contributed by atoms with E-state index in [-0.39, 0.29) is 16.9 Å². The van der Waals surface area contributed by atoms with Gasteiger partial charge in [-0.25, -0.2) is 4.79 Å². The van der Waals surface area contributed by atoms with Gasteiger partial charge in [-0.3, -0.25) is 4.79 Å². The molecule has 0 bridgehead atoms. The van der Waals surface area contributed by atoms with Gasteiger partial charge in [-0.2, -0.15) is 0 Å². The van der Waals surface area contributed by atoms with Crippen LogP contribution < -0.4 is 4.74 Å². The van der Waals surface area contributed by atoms with E-state index < -0.39 is 5.97 Å². The number of methoxy groups -OCH3 is 1. The highest BCUT2D eigenvalue weighted by atomic mass is 16.5. The van der Waals surface area contributed by atoms with Crippen molar-refractivity contribution in [2.75, 3.05) is 7.11 Å². The Labute approximate surface area is 192 Å². The van der Waals surface area contributed by atoms with Gasteiger partial charge in [-0.1, -0.05) is 60.7 Å². The predicted molar refractivity (Wildman–Crippen MR) is 127 cm³/mol. The molecule has 0 fully saturated rings. The minimum absolute atomic E-state index is 0.0226. The molecule has 1 N–H and O–H groups in total. The van der Waals surface area contributed by atoms with Crippen LogP contribution in [0.2, 0.25) is 0 Å². The van der Waals surface area contributed by atoms with E-state index in [1.807, 2.05) is 24.3 Å². The Morgan fingerprint density at radius 2 is 1.42 bits per heavy atom. The van der Waals surface area contributed by atoms with Gasteiger partial charge < -0.3 is 9.84 Å². The van der Waals surface area contributed by atoms with Crippen LogP contribution in [0.25, 0.3) is 11.1 Å². The normalized spacial score (nSPS) is 11.5. The Hall–Kier alpha value is -4.18. The number of fused-ring (bicyclic) bond motifs is 3. The lowest BCUT2D eigenvalue weighted by atomic mass is 9.95. The summed E-state index contributed by atoms with van der Waals surface area (Å²) < 4.78 is 5.24. The highest BCUT2D eigenvalue weighted by Gasteiger charge is 2.22. The first-order valence-corrected chi connectivity index (χ1v) is 10.8. The molecule has 4 nitrogen and oxygen atoms in total. The first kappa shape index (κ1) is 20.7. The van der Waals surface area contributed by atoms with Crippen molar-refractivity contribution in [2.24, 2.45) is 0 Å². The average Bonchev–Trinajstić information content (AvgIpc) is 3.21. The van der Waals surface area contributed by atoms with Gasteiger partial charge in [0, 0.05) is 11.1 Å². The fraction of sp³-hybridized carbons (Fsp3) is 0.103. The second kappa shape index (κ2) is 8.40. The van der Waals surface area contributed by atoms with Crippen LogP contribution in [0.4, 0.5) is 0 Å². The number of carbonyl (C=O) groups is 2. The molecule has 4 aromatic rings. The van der Waals surface area contributed by atoms with E-state index in [4.69, 9.17) is 4.74 Å². The maximum absolute atomic E-state index is 13.1. The molecule has 0 saturated carbocycles. The fourth-order valence-corrected chi connectivity index (χ4v) is 4.52. The number of carboxylic acids is 1. The molecule has 0 amide bonds. The summed E-state index contributed by atoms with van der Waals surface area (Å²) in [5, 5.41) is 9.43. The smallest absolute Gasteiger partial charge is 0.336 e. The summed E-state index contributed by atoms with van der Waals surface area (Å²) in [4.78, 5) is 24.6. The summed E-state index contributed by atoms with van der Waals surface area (Å²) in [5.74, 6) is -0.525. The van der Waals surface area contributed by atoms with Gasteiger partial charge in [-0.15, -0.1) is 0 Å². The van der Waals surface area contributed by atoms with E-state index in [2.05, 4.69) is 30.3 Å². The lowest BCUT2D eigenvalue weighted by molar-refractivity contribution is 0.0693. The summed E-state index contributed by atoms with van der Waals surface area (Å²) in [6.07, 6.45) is 1.59. The number of hydrogen-bond donors (Lipinski definition) is 1. The quantitative estimate of drug-likeness (QED) is 0.344. The topological polar surface area (TPSA) is 63.6 Å². The molecule has 0 saturated heterocycles. The number of aromatic carboxylic acids is 1. The molecular weight excluding hydrogens is 412 g/mol. The molecule has 0 spiro atoms. The lowest BCUT2D eigenvalue weighted by Gasteiger charge is -2.08. The zero-order chi connectivity index (χ0) is 22.9. The van der Waals surface area contributed by atoms with E-state index in [1.54, 1.807) is 31.4 Å². The second-order valence-electron chi connectivity index (χ2n) is 8.24. The minimum Gasteiger partial charge on any atom is -0.497 e. The van der Waals surface area contributed by atoms with Crippen LogP contribution in [0.5, 0.6) is 5.75 Å². The number of rotatable bonds is 6. The van der Waals surface area contributed by atoms with Crippen molar-refractivity contribution >= 4 is 11.8 Å². The van der Waals surface area contributed by atoms with Crippen LogP contribution in [0.3, 0.4) is 0 Å². The van der Waals surface area contributed by atoms with Crippen LogP contribution in [-0.4, -0.2) is 24.0 Å². The van der Waals surface area contributed by atoms with Crippen molar-refractivity contribution in [3.8, 4) is 16.9 Å². The molecule has 33 heavy (non-hydrogen) atoms. The molecular formula is C29H22O4. The zero-order valence-corrected chi connectivity index (χ0v) is 18.2. The highest BCUT2D eigenvalue weighted by Crippen LogP contribution is 2.38. The molecule has 1 aliphatic rings. The molecule has 4 heteroatoms. The molecule has 0 atom stereocenters. The Morgan fingerprint density at radius 1 is 0.788 bits per heavy atom. The molecule has 1 aliphatic carbocycles. The van der Waals surface area contributed by atoms with E-state index in [1.165, 1.54) is 28.3 Å². The first-order chi connectivity index (χ1) is 16.0. The van der Waals surface area contributed by atoms with Crippen molar-refractivity contribution in [1.82, 2.24) is 0 Å².